The van der Waals surface area contributed by atoms with E-state index in [1.54, 1.807) is 0 Å². The summed E-state index contributed by atoms with van der Waals surface area (Å²) in [7, 11) is 0. The fourth-order valence-corrected chi connectivity index (χ4v) is 3.62. The van der Waals surface area contributed by atoms with Gasteiger partial charge in [0.05, 0.1) is 0 Å². The van der Waals surface area contributed by atoms with Crippen molar-refractivity contribution in [2.45, 2.75) is 38.2 Å². The molecule has 0 amide bonds. The van der Waals surface area contributed by atoms with E-state index in [1.807, 2.05) is 0 Å². The van der Waals surface area contributed by atoms with Gasteiger partial charge in [0.1, 0.15) is 0 Å². The number of hydrogen-bond acceptors (Lipinski definition) is 3. The van der Waals surface area contributed by atoms with Gasteiger partial charge in [0.2, 0.25) is 0 Å². The predicted octanol–water partition coefficient (Wildman–Crippen LogP) is 1.13. The summed E-state index contributed by atoms with van der Waals surface area (Å²) in [4.78, 5) is 0. The molecular weight excluding hydrogens is 265 g/mol. The minimum atomic E-state index is -3.05. The zero-order chi connectivity index (χ0) is 8.32. The van der Waals surface area contributed by atoms with Crippen LogP contribution in [-0.2, 0) is 35.1 Å². The van der Waals surface area contributed by atoms with Crippen molar-refractivity contribution in [2.75, 3.05) is 0 Å². The first-order valence-corrected chi connectivity index (χ1v) is 10.4. The number of rotatable bonds is 2. The molecule has 0 aromatic heterocycles. The maximum atomic E-state index is 10.8. The average molecular weight is 276 g/mol. The molecule has 1 aliphatic carbocycles. The molecule has 1 rings (SSSR count). The summed E-state index contributed by atoms with van der Waals surface area (Å²) in [5, 5.41) is 0. The van der Waals surface area contributed by atoms with Gasteiger partial charge in [-0.25, -0.2) is 0 Å². The molecule has 5 heteroatoms. The Kier molecular flexibility index (Phi) is 3.77. The molecule has 61 valence electrons. The van der Waals surface area contributed by atoms with Crippen LogP contribution in [0, 0.1) is 0 Å². The van der Waals surface area contributed by atoms with Crippen molar-refractivity contribution in [3.8, 4) is 0 Å². The zero-order valence-corrected chi connectivity index (χ0v) is 11.3. The Morgan fingerprint density at radius 3 is 2.18 bits per heavy atom. The predicted molar refractivity (Wildman–Crippen MR) is 36.9 cm³/mol. The third-order valence-electron chi connectivity index (χ3n) is 1.83. The zero-order valence-electron chi connectivity index (χ0n) is 6.45. The van der Waals surface area contributed by atoms with E-state index in [4.69, 9.17) is 4.18 Å². The van der Waals surface area contributed by atoms with Gasteiger partial charge < -0.3 is 0 Å². The van der Waals surface area contributed by atoms with E-state index in [2.05, 4.69) is 0 Å². The van der Waals surface area contributed by atoms with E-state index >= 15 is 0 Å². The van der Waals surface area contributed by atoms with Crippen molar-refractivity contribution >= 4 is 6.67 Å². The van der Waals surface area contributed by atoms with Crippen LogP contribution < -0.4 is 0 Å². The Morgan fingerprint density at radius 1 is 1.18 bits per heavy atom. The maximum absolute atomic E-state index is 10.8. The van der Waals surface area contributed by atoms with Gasteiger partial charge in [-0.05, 0) is 0 Å². The van der Waals surface area contributed by atoms with Crippen LogP contribution in [0.4, 0.5) is 0 Å². The van der Waals surface area contributed by atoms with Crippen LogP contribution in [0.1, 0.15) is 32.1 Å². The van der Waals surface area contributed by atoms with Crippen LogP contribution in [-0.4, -0.2) is 14.5 Å². The van der Waals surface area contributed by atoms with Crippen molar-refractivity contribution < 1.29 is 36.9 Å². The quantitative estimate of drug-likeness (QED) is 0.710. The molecule has 1 saturated carbocycles. The molecular formula is C6H11CdO3S. The van der Waals surface area contributed by atoms with Crippen LogP contribution in [0.25, 0.3) is 0 Å². The van der Waals surface area contributed by atoms with E-state index in [0.717, 1.165) is 25.7 Å². The first kappa shape index (κ1) is 9.92. The molecule has 0 radical (unpaired) electrons. The van der Waals surface area contributed by atoms with Gasteiger partial charge in [-0.15, -0.1) is 0 Å². The van der Waals surface area contributed by atoms with E-state index in [0.29, 0.717) is 0 Å². The van der Waals surface area contributed by atoms with Crippen molar-refractivity contribution in [1.29, 1.82) is 0 Å². The molecule has 0 bridgehead atoms. The van der Waals surface area contributed by atoms with Gasteiger partial charge in [0, 0.05) is 0 Å². The molecule has 3 nitrogen and oxygen atoms in total. The van der Waals surface area contributed by atoms with Gasteiger partial charge in [0.25, 0.3) is 0 Å². The second kappa shape index (κ2) is 4.18. The Balaban J connectivity index is 2.36. The van der Waals surface area contributed by atoms with Crippen LogP contribution in [0.15, 0.2) is 0 Å². The standard InChI is InChI=1S/C6H11O3S.Cd/c7-10(8)9-6-4-2-1-3-5-6;/h6H,1-5H2;. The van der Waals surface area contributed by atoms with Crippen LogP contribution in [0.2, 0.25) is 0 Å². The normalized spacial score (nSPS) is 22.0. The summed E-state index contributed by atoms with van der Waals surface area (Å²) < 4.78 is 26.4. The molecule has 0 aromatic carbocycles. The molecule has 0 atom stereocenters. The summed E-state index contributed by atoms with van der Waals surface area (Å²) in [5.74, 6) is 0. The molecule has 0 unspecified atom stereocenters. The fourth-order valence-electron chi connectivity index (χ4n) is 1.37. The third kappa shape index (κ3) is 4.42. The first-order valence-electron chi connectivity index (χ1n) is 3.84. The molecule has 0 saturated heterocycles. The Morgan fingerprint density at radius 2 is 1.73 bits per heavy atom. The molecule has 0 aromatic rings. The topological polar surface area (TPSA) is 43.4 Å². The molecule has 1 aliphatic rings. The minimum absolute atomic E-state index is 0.000324. The molecule has 1 fully saturated rings. The van der Waals surface area contributed by atoms with Gasteiger partial charge in [-0.1, -0.05) is 0 Å². The van der Waals surface area contributed by atoms with Crippen LogP contribution in [0.5, 0.6) is 0 Å². The van der Waals surface area contributed by atoms with Gasteiger partial charge in [-0.3, -0.25) is 0 Å². The monoisotopic (exact) mass is 277 g/mol. The van der Waals surface area contributed by atoms with E-state index < -0.39 is 6.67 Å². The van der Waals surface area contributed by atoms with E-state index in [1.165, 1.54) is 6.42 Å². The Labute approximate surface area is 81.5 Å². The second-order valence-electron chi connectivity index (χ2n) is 2.91. The summed E-state index contributed by atoms with van der Waals surface area (Å²) in [6.45, 7) is -3.05. The summed E-state index contributed by atoms with van der Waals surface area (Å²) >= 11 is -0.113. The van der Waals surface area contributed by atoms with Crippen molar-refractivity contribution in [1.82, 2.24) is 0 Å². The summed E-state index contributed by atoms with van der Waals surface area (Å²) in [6.07, 6.45) is 5.30. The molecule has 0 aliphatic heterocycles. The van der Waals surface area contributed by atoms with Crippen molar-refractivity contribution in [3.63, 3.8) is 0 Å². The van der Waals surface area contributed by atoms with Gasteiger partial charge >= 0.3 is 81.7 Å². The van der Waals surface area contributed by atoms with Crippen LogP contribution >= 0.6 is 0 Å². The third-order valence-corrected chi connectivity index (χ3v) is 3.57. The summed E-state index contributed by atoms with van der Waals surface area (Å²) in [5.41, 5.74) is 0. The van der Waals surface area contributed by atoms with Gasteiger partial charge in [-0.2, -0.15) is 0 Å². The first-order chi connectivity index (χ1) is 5.08. The van der Waals surface area contributed by atoms with Crippen molar-refractivity contribution in [2.24, 2.45) is 0 Å². The molecule has 0 N–H and O–H groups in total. The Bertz CT molecular complexity index is 206. The van der Waals surface area contributed by atoms with Crippen LogP contribution in [0.3, 0.4) is 0 Å². The van der Waals surface area contributed by atoms with Crippen molar-refractivity contribution in [3.05, 3.63) is 0 Å². The molecule has 11 heavy (non-hydrogen) atoms. The molecule has 0 spiro atoms. The average Bonchev–Trinajstić information content (AvgIpc) is 1.85. The van der Waals surface area contributed by atoms with E-state index in [-0.39, 0.29) is 30.4 Å². The SMILES string of the molecule is O=[S](=O)([Cd])OC1CCCCC1. The molecule has 0 heterocycles. The summed E-state index contributed by atoms with van der Waals surface area (Å²) in [6, 6.07) is 0. The number of hydrogen-bond donors (Lipinski definition) is 0. The van der Waals surface area contributed by atoms with E-state index in [9.17, 15) is 8.42 Å². The Hall–Kier alpha value is 0.832. The second-order valence-corrected chi connectivity index (χ2v) is 10.3. The van der Waals surface area contributed by atoms with Gasteiger partial charge in [0.15, 0.2) is 0 Å². The fraction of sp³-hybridized carbons (Fsp3) is 1.00.